The molecule has 6 rings (SSSR count). The second kappa shape index (κ2) is 9.89. The number of piperazine rings is 1. The highest BCUT2D eigenvalue weighted by Gasteiger charge is 2.31. The molecule has 0 N–H and O–H groups in total. The average Bonchev–Trinajstić information content (AvgIpc) is 3.29. The second-order valence-electron chi connectivity index (χ2n) is 10.4. The molecule has 2 aliphatic rings. The fourth-order valence-electron chi connectivity index (χ4n) is 6.46. The van der Waals surface area contributed by atoms with Gasteiger partial charge in [0.05, 0.1) is 35.0 Å². The van der Waals surface area contributed by atoms with Gasteiger partial charge < -0.3 is 14.2 Å². The summed E-state index contributed by atoms with van der Waals surface area (Å²) in [5.74, 6) is 1.27. The van der Waals surface area contributed by atoms with Gasteiger partial charge >= 0.3 is 0 Å². The quantitative estimate of drug-likeness (QED) is 0.329. The Labute approximate surface area is 223 Å². The summed E-state index contributed by atoms with van der Waals surface area (Å²) in [6.07, 6.45) is 8.96. The number of aryl methyl sites for hydroxylation is 1. The van der Waals surface area contributed by atoms with Gasteiger partial charge in [-0.05, 0) is 67.5 Å². The Bertz CT molecular complexity index is 1490. The lowest BCUT2D eigenvalue weighted by atomic mass is 9.81. The number of pyridine rings is 1. The van der Waals surface area contributed by atoms with Crippen LogP contribution in [0.4, 0.5) is 5.69 Å². The smallest absolute Gasteiger partial charge is 0.140 e. The van der Waals surface area contributed by atoms with Gasteiger partial charge in [0, 0.05) is 74.0 Å². The molecule has 1 saturated carbocycles. The summed E-state index contributed by atoms with van der Waals surface area (Å²) in [6.45, 7) is 4.04. The predicted molar refractivity (Wildman–Crippen MR) is 150 cm³/mol. The van der Waals surface area contributed by atoms with Crippen molar-refractivity contribution in [2.75, 3.05) is 38.2 Å². The molecule has 7 heteroatoms. The maximum atomic E-state index is 9.38. The van der Waals surface area contributed by atoms with Crippen LogP contribution in [0.1, 0.15) is 42.7 Å². The van der Waals surface area contributed by atoms with Crippen LogP contribution < -0.4 is 9.64 Å². The normalized spacial score (nSPS) is 20.9. The zero-order chi connectivity index (χ0) is 25.5. The summed E-state index contributed by atoms with van der Waals surface area (Å²) in [5.41, 5.74) is 5.42. The van der Waals surface area contributed by atoms with E-state index >= 15 is 0 Å². The molecule has 6 nitrogen and oxygen atoms in total. The number of hydrogen-bond donors (Lipinski definition) is 0. The highest BCUT2D eigenvalue weighted by Crippen LogP contribution is 2.41. The summed E-state index contributed by atoms with van der Waals surface area (Å²) in [4.78, 5) is 9.77. The third kappa shape index (κ3) is 4.31. The first-order valence-electron chi connectivity index (χ1n) is 13.2. The van der Waals surface area contributed by atoms with Crippen molar-refractivity contribution in [2.24, 2.45) is 7.05 Å². The van der Waals surface area contributed by atoms with E-state index in [1.54, 1.807) is 7.11 Å². The highest BCUT2D eigenvalue weighted by molar-refractivity contribution is 6.37. The summed E-state index contributed by atoms with van der Waals surface area (Å²) in [6, 6.07) is 15.0. The molecular weight excluding hydrogens is 482 g/mol. The molecular formula is C30H32ClN5O. The van der Waals surface area contributed by atoms with Crippen molar-refractivity contribution in [3.63, 3.8) is 0 Å². The first kappa shape index (κ1) is 24.1. The van der Waals surface area contributed by atoms with Crippen molar-refractivity contribution in [3.05, 3.63) is 64.9 Å². The van der Waals surface area contributed by atoms with Crippen LogP contribution in [0.25, 0.3) is 21.8 Å². The summed E-state index contributed by atoms with van der Waals surface area (Å²) < 4.78 is 7.78. The molecule has 2 aromatic carbocycles. The molecule has 0 spiro atoms. The number of halogens is 1. The SMILES string of the molecule is COc1cc(N2CCN(C3CCC(c4cn(C)c5ccc(C#N)cc45)CC3)CC2)c2ncccc2c1Cl. The van der Waals surface area contributed by atoms with Crippen LogP contribution in [-0.4, -0.2) is 53.8 Å². The lowest BCUT2D eigenvalue weighted by Crippen LogP contribution is -2.51. The van der Waals surface area contributed by atoms with Crippen molar-refractivity contribution in [3.8, 4) is 11.8 Å². The molecule has 2 fully saturated rings. The van der Waals surface area contributed by atoms with E-state index < -0.39 is 0 Å². The number of ether oxygens (including phenoxy) is 1. The van der Waals surface area contributed by atoms with Crippen molar-refractivity contribution >= 4 is 39.1 Å². The van der Waals surface area contributed by atoms with Gasteiger partial charge in [0.25, 0.3) is 0 Å². The number of anilines is 1. The van der Waals surface area contributed by atoms with Crippen molar-refractivity contribution < 1.29 is 4.74 Å². The molecule has 2 aromatic heterocycles. The lowest BCUT2D eigenvalue weighted by Gasteiger charge is -2.42. The van der Waals surface area contributed by atoms with Crippen LogP contribution in [0, 0.1) is 11.3 Å². The van der Waals surface area contributed by atoms with Crippen molar-refractivity contribution in [1.82, 2.24) is 14.5 Å². The Hall–Kier alpha value is -3.27. The molecule has 0 radical (unpaired) electrons. The number of aromatic nitrogens is 2. The Morgan fingerprint density at radius 1 is 1.03 bits per heavy atom. The van der Waals surface area contributed by atoms with Crippen LogP contribution in [-0.2, 0) is 7.05 Å². The van der Waals surface area contributed by atoms with Gasteiger partial charge in [0.2, 0.25) is 0 Å². The number of rotatable bonds is 4. The van der Waals surface area contributed by atoms with Gasteiger partial charge in [0.1, 0.15) is 5.75 Å². The molecule has 0 unspecified atom stereocenters. The minimum atomic E-state index is 0.564. The monoisotopic (exact) mass is 513 g/mol. The molecule has 1 aliphatic heterocycles. The molecule has 3 heterocycles. The maximum absolute atomic E-state index is 9.38. The van der Waals surface area contributed by atoms with Crippen LogP contribution in [0.5, 0.6) is 5.75 Å². The van der Waals surface area contributed by atoms with E-state index in [9.17, 15) is 5.26 Å². The third-order valence-electron chi connectivity index (χ3n) is 8.45. The minimum absolute atomic E-state index is 0.564. The third-order valence-corrected chi connectivity index (χ3v) is 8.84. The van der Waals surface area contributed by atoms with Gasteiger partial charge in [-0.1, -0.05) is 11.6 Å². The molecule has 0 amide bonds. The zero-order valence-corrected chi connectivity index (χ0v) is 22.2. The minimum Gasteiger partial charge on any atom is -0.495 e. The Balaban J connectivity index is 1.13. The second-order valence-corrected chi connectivity index (χ2v) is 10.8. The number of hydrogen-bond acceptors (Lipinski definition) is 5. The Kier molecular flexibility index (Phi) is 6.44. The Morgan fingerprint density at radius 3 is 2.54 bits per heavy atom. The van der Waals surface area contributed by atoms with Crippen molar-refractivity contribution in [1.29, 1.82) is 5.26 Å². The Morgan fingerprint density at radius 2 is 1.81 bits per heavy atom. The largest absolute Gasteiger partial charge is 0.495 e. The molecule has 0 atom stereocenters. The van der Waals surface area contributed by atoms with Gasteiger partial charge in [-0.3, -0.25) is 9.88 Å². The molecule has 1 aliphatic carbocycles. The first-order chi connectivity index (χ1) is 18.1. The standard InChI is InChI=1S/C30H32ClN5O/c1-34-19-25(24-16-20(18-32)5-10-26(24)34)21-6-8-22(9-7-21)35-12-14-36(15-13-35)27-17-28(37-2)29(31)23-4-3-11-33-30(23)27/h3-5,10-11,16-17,19,21-22H,6-9,12-15H2,1-2H3. The van der Waals surface area contributed by atoms with E-state index in [1.165, 1.54) is 42.1 Å². The molecule has 190 valence electrons. The summed E-state index contributed by atoms with van der Waals surface area (Å²) in [5, 5.41) is 12.2. The molecule has 0 bridgehead atoms. The highest BCUT2D eigenvalue weighted by atomic mass is 35.5. The van der Waals surface area contributed by atoms with E-state index in [-0.39, 0.29) is 0 Å². The number of benzene rings is 2. The van der Waals surface area contributed by atoms with E-state index in [4.69, 9.17) is 16.3 Å². The van der Waals surface area contributed by atoms with E-state index in [0.717, 1.165) is 48.3 Å². The van der Waals surface area contributed by atoms with Crippen LogP contribution >= 0.6 is 11.6 Å². The topological polar surface area (TPSA) is 57.3 Å². The average molecular weight is 514 g/mol. The molecule has 37 heavy (non-hydrogen) atoms. The van der Waals surface area contributed by atoms with Gasteiger partial charge in [-0.15, -0.1) is 0 Å². The van der Waals surface area contributed by atoms with Crippen LogP contribution in [0.3, 0.4) is 0 Å². The van der Waals surface area contributed by atoms with Crippen LogP contribution in [0.15, 0.2) is 48.8 Å². The number of nitriles is 1. The fraction of sp³-hybridized carbons (Fsp3) is 0.400. The molecule has 1 saturated heterocycles. The van der Waals surface area contributed by atoms with Gasteiger partial charge in [-0.25, -0.2) is 0 Å². The van der Waals surface area contributed by atoms with Crippen LogP contribution in [0.2, 0.25) is 5.02 Å². The lowest BCUT2D eigenvalue weighted by molar-refractivity contribution is 0.141. The number of methoxy groups -OCH3 is 1. The number of nitrogens with zero attached hydrogens (tertiary/aromatic N) is 5. The number of fused-ring (bicyclic) bond motifs is 2. The van der Waals surface area contributed by atoms with E-state index in [1.807, 2.05) is 30.5 Å². The van der Waals surface area contributed by atoms with E-state index in [2.05, 4.69) is 50.8 Å². The zero-order valence-electron chi connectivity index (χ0n) is 21.5. The maximum Gasteiger partial charge on any atom is 0.140 e. The van der Waals surface area contributed by atoms with Gasteiger partial charge in [0.15, 0.2) is 0 Å². The fourth-order valence-corrected chi connectivity index (χ4v) is 6.75. The van der Waals surface area contributed by atoms with Crippen molar-refractivity contribution in [2.45, 2.75) is 37.6 Å². The summed E-state index contributed by atoms with van der Waals surface area (Å²) >= 11 is 6.57. The predicted octanol–water partition coefficient (Wildman–Crippen LogP) is 6.11. The summed E-state index contributed by atoms with van der Waals surface area (Å²) in [7, 11) is 3.78. The van der Waals surface area contributed by atoms with Gasteiger partial charge in [-0.2, -0.15) is 5.26 Å². The van der Waals surface area contributed by atoms with E-state index in [0.29, 0.717) is 22.7 Å². The molecule has 4 aromatic rings. The first-order valence-corrected chi connectivity index (χ1v) is 13.5.